The number of pyridine rings is 1. The molecule has 5 rings (SSSR count). The van der Waals surface area contributed by atoms with Crippen molar-refractivity contribution >= 4 is 28.4 Å². The van der Waals surface area contributed by atoms with Gasteiger partial charge < -0.3 is 4.90 Å². The first kappa shape index (κ1) is 21.9. The molecule has 3 fully saturated rings. The lowest BCUT2D eigenvalue weighted by molar-refractivity contribution is -0.120. The fourth-order valence-electron chi connectivity index (χ4n) is 5.47. The third-order valence-electron chi connectivity index (χ3n) is 7.37. The highest BCUT2D eigenvalue weighted by atomic mass is 16.2. The van der Waals surface area contributed by atoms with E-state index in [1.54, 1.807) is 11.1 Å². The van der Waals surface area contributed by atoms with Gasteiger partial charge in [-0.2, -0.15) is 0 Å². The normalized spacial score (nSPS) is 21.0. The fraction of sp³-hybridized carbons (Fsp3) is 0.519. The molecule has 0 unspecified atom stereocenters. The molecule has 0 bridgehead atoms. The molecule has 0 spiro atoms. The number of imide groups is 1. The van der Waals surface area contributed by atoms with Crippen molar-refractivity contribution in [3.8, 4) is 11.8 Å². The second-order valence-corrected chi connectivity index (χ2v) is 9.66. The van der Waals surface area contributed by atoms with Crippen molar-refractivity contribution < 1.29 is 9.59 Å². The summed E-state index contributed by atoms with van der Waals surface area (Å²) in [6, 6.07) is 5.61. The minimum Gasteiger partial charge on any atom is -0.303 e. The molecular formula is C27H32N4O2. The predicted molar refractivity (Wildman–Crippen MR) is 130 cm³/mol. The molecule has 6 heteroatoms. The number of hydrogen-bond acceptors (Lipinski definition) is 4. The Labute approximate surface area is 195 Å². The van der Waals surface area contributed by atoms with Gasteiger partial charge in [0.05, 0.1) is 11.9 Å². The molecule has 3 aliphatic rings. The smallest absolute Gasteiger partial charge is 0.303 e. The van der Waals surface area contributed by atoms with E-state index in [-0.39, 0.29) is 5.91 Å². The van der Waals surface area contributed by atoms with Crippen LogP contribution >= 0.6 is 0 Å². The van der Waals surface area contributed by atoms with E-state index in [1.165, 1.54) is 38.6 Å². The number of carbonyl (C=O) groups is 2. The largest absolute Gasteiger partial charge is 0.328 e. The number of urea groups is 1. The average molecular weight is 445 g/mol. The van der Waals surface area contributed by atoms with Gasteiger partial charge in [-0.1, -0.05) is 43.2 Å². The lowest BCUT2D eigenvalue weighted by Gasteiger charge is -2.34. The maximum atomic E-state index is 12.4. The van der Waals surface area contributed by atoms with E-state index < -0.39 is 6.03 Å². The third-order valence-corrected chi connectivity index (χ3v) is 7.37. The van der Waals surface area contributed by atoms with Crippen LogP contribution in [0.1, 0.15) is 56.9 Å². The number of aromatic nitrogens is 1. The Morgan fingerprint density at radius 3 is 2.58 bits per heavy atom. The number of nitrogens with one attached hydrogen (secondary N) is 1. The van der Waals surface area contributed by atoms with Crippen LogP contribution in [0.3, 0.4) is 0 Å². The summed E-state index contributed by atoms with van der Waals surface area (Å²) in [6.45, 7) is 3.94. The first-order valence-electron chi connectivity index (χ1n) is 12.4. The lowest BCUT2D eigenvalue weighted by Crippen LogP contribution is -2.49. The van der Waals surface area contributed by atoms with Crippen LogP contribution in [-0.2, 0) is 4.79 Å². The quantitative estimate of drug-likeness (QED) is 0.716. The Hall–Kier alpha value is -2.91. The van der Waals surface area contributed by atoms with Crippen LogP contribution in [0.25, 0.3) is 10.8 Å². The van der Waals surface area contributed by atoms with Gasteiger partial charge in [0.25, 0.3) is 0 Å². The topological polar surface area (TPSA) is 65.5 Å². The van der Waals surface area contributed by atoms with Crippen LogP contribution in [-0.4, -0.2) is 48.0 Å². The second-order valence-electron chi connectivity index (χ2n) is 9.66. The third kappa shape index (κ3) is 5.04. The molecule has 2 aromatic rings. The van der Waals surface area contributed by atoms with Gasteiger partial charge in [0.2, 0.25) is 5.91 Å². The SMILES string of the molecule is O=C1CCN(c2cncc3c(C#CC4CCN(CC5CCCCC5)CC4)cccc23)C(=O)N1. The molecule has 3 amide bonds. The zero-order valence-corrected chi connectivity index (χ0v) is 19.2. The molecule has 0 radical (unpaired) electrons. The Kier molecular flexibility index (Phi) is 6.59. The molecule has 1 aromatic heterocycles. The van der Waals surface area contributed by atoms with Gasteiger partial charge >= 0.3 is 6.03 Å². The van der Waals surface area contributed by atoms with E-state index in [0.29, 0.717) is 18.9 Å². The number of benzene rings is 1. The average Bonchev–Trinajstić information content (AvgIpc) is 2.84. The van der Waals surface area contributed by atoms with Crippen LogP contribution < -0.4 is 10.2 Å². The summed E-state index contributed by atoms with van der Waals surface area (Å²) >= 11 is 0. The molecule has 1 N–H and O–H groups in total. The molecule has 0 atom stereocenters. The highest BCUT2D eigenvalue weighted by molar-refractivity contribution is 6.10. The van der Waals surface area contributed by atoms with E-state index in [4.69, 9.17) is 0 Å². The van der Waals surface area contributed by atoms with Crippen molar-refractivity contribution in [2.45, 2.75) is 51.4 Å². The molecule has 2 aliphatic heterocycles. The predicted octanol–water partition coefficient (Wildman–Crippen LogP) is 4.32. The molecule has 1 aromatic carbocycles. The molecule has 2 saturated heterocycles. The summed E-state index contributed by atoms with van der Waals surface area (Å²) in [4.78, 5) is 32.5. The fourth-order valence-corrected chi connectivity index (χ4v) is 5.47. The lowest BCUT2D eigenvalue weighted by atomic mass is 9.88. The number of amides is 3. The Balaban J connectivity index is 1.28. The summed E-state index contributed by atoms with van der Waals surface area (Å²) < 4.78 is 0. The molecule has 1 aliphatic carbocycles. The van der Waals surface area contributed by atoms with Crippen molar-refractivity contribution in [2.24, 2.45) is 11.8 Å². The van der Waals surface area contributed by atoms with Crippen LogP contribution in [0.5, 0.6) is 0 Å². The molecule has 3 heterocycles. The summed E-state index contributed by atoms with van der Waals surface area (Å²) in [5, 5.41) is 4.27. The van der Waals surface area contributed by atoms with Crippen molar-refractivity contribution in [2.75, 3.05) is 31.1 Å². The second kappa shape index (κ2) is 9.93. The Morgan fingerprint density at radius 1 is 0.970 bits per heavy atom. The number of likely N-dealkylation sites (tertiary alicyclic amines) is 1. The van der Waals surface area contributed by atoms with Crippen LogP contribution in [0.4, 0.5) is 10.5 Å². The summed E-state index contributed by atoms with van der Waals surface area (Å²) in [6.07, 6.45) is 13.1. The van der Waals surface area contributed by atoms with Crippen LogP contribution in [0.15, 0.2) is 30.6 Å². The molecule has 33 heavy (non-hydrogen) atoms. The number of piperidine rings is 1. The monoisotopic (exact) mass is 444 g/mol. The van der Waals surface area contributed by atoms with Crippen LogP contribution in [0.2, 0.25) is 0 Å². The van der Waals surface area contributed by atoms with Gasteiger partial charge in [-0.3, -0.25) is 20.0 Å². The van der Waals surface area contributed by atoms with E-state index in [2.05, 4.69) is 27.0 Å². The van der Waals surface area contributed by atoms with Gasteiger partial charge in [-0.15, -0.1) is 0 Å². The number of nitrogens with zero attached hydrogens (tertiary/aromatic N) is 3. The van der Waals surface area contributed by atoms with E-state index in [1.807, 2.05) is 24.4 Å². The van der Waals surface area contributed by atoms with Crippen molar-refractivity contribution in [3.05, 3.63) is 36.2 Å². The molecule has 6 nitrogen and oxygen atoms in total. The van der Waals surface area contributed by atoms with Gasteiger partial charge in [-0.25, -0.2) is 4.79 Å². The molecule has 1 saturated carbocycles. The Morgan fingerprint density at radius 2 is 1.79 bits per heavy atom. The van der Waals surface area contributed by atoms with Gasteiger partial charge in [0.15, 0.2) is 0 Å². The van der Waals surface area contributed by atoms with Crippen LogP contribution in [0, 0.1) is 23.7 Å². The standard InChI is InChI=1S/C27H32N4O2/c32-26-13-16-31(27(33)29-26)25-18-28-17-24-22(7-4-8-23(24)25)10-9-20-11-14-30(15-12-20)19-21-5-2-1-3-6-21/h4,7-8,17-18,20-21H,1-3,5-6,11-16,19H2,(H,29,32,33). The first-order valence-corrected chi connectivity index (χ1v) is 12.4. The van der Waals surface area contributed by atoms with Crippen molar-refractivity contribution in [1.82, 2.24) is 15.2 Å². The number of hydrogen-bond donors (Lipinski definition) is 1. The summed E-state index contributed by atoms with van der Waals surface area (Å²) in [5.74, 6) is 8.04. The van der Waals surface area contributed by atoms with Crippen molar-refractivity contribution in [3.63, 3.8) is 0 Å². The van der Waals surface area contributed by atoms with E-state index >= 15 is 0 Å². The molecular weight excluding hydrogens is 412 g/mol. The van der Waals surface area contributed by atoms with Gasteiger partial charge in [-0.05, 0) is 50.8 Å². The molecule has 172 valence electrons. The van der Waals surface area contributed by atoms with Crippen molar-refractivity contribution in [1.29, 1.82) is 0 Å². The minimum absolute atomic E-state index is 0.235. The zero-order valence-electron chi connectivity index (χ0n) is 19.2. The minimum atomic E-state index is -0.392. The van der Waals surface area contributed by atoms with Gasteiger partial charge in [0.1, 0.15) is 0 Å². The highest BCUT2D eigenvalue weighted by Crippen LogP contribution is 2.29. The highest BCUT2D eigenvalue weighted by Gasteiger charge is 2.26. The number of rotatable bonds is 3. The number of carbonyl (C=O) groups excluding carboxylic acids is 2. The zero-order chi connectivity index (χ0) is 22.6. The summed E-state index contributed by atoms with van der Waals surface area (Å²) in [7, 11) is 0. The maximum Gasteiger partial charge on any atom is 0.328 e. The first-order chi connectivity index (χ1) is 16.2. The number of fused-ring (bicyclic) bond motifs is 1. The Bertz CT molecular complexity index is 1090. The van der Waals surface area contributed by atoms with E-state index in [0.717, 1.165) is 53.9 Å². The van der Waals surface area contributed by atoms with E-state index in [9.17, 15) is 9.59 Å². The summed E-state index contributed by atoms with van der Waals surface area (Å²) in [5.41, 5.74) is 1.66. The maximum absolute atomic E-state index is 12.4. The number of anilines is 1. The van der Waals surface area contributed by atoms with Gasteiger partial charge in [0, 0.05) is 48.0 Å².